The zero-order valence-corrected chi connectivity index (χ0v) is 13.9. The number of rotatable bonds is 4. The summed E-state index contributed by atoms with van der Waals surface area (Å²) in [7, 11) is 0. The van der Waals surface area contributed by atoms with E-state index in [0.717, 1.165) is 19.5 Å². The van der Waals surface area contributed by atoms with Crippen LogP contribution in [0.3, 0.4) is 0 Å². The zero-order valence-electron chi connectivity index (χ0n) is 13.9. The van der Waals surface area contributed by atoms with Gasteiger partial charge in [-0.25, -0.2) is 4.98 Å². The van der Waals surface area contributed by atoms with Crippen LogP contribution in [0, 0.1) is 0 Å². The molecule has 4 heteroatoms. The molecule has 1 aromatic rings. The number of nitrogens with one attached hydrogen (secondary N) is 1. The van der Waals surface area contributed by atoms with Crippen molar-refractivity contribution >= 4 is 0 Å². The maximum atomic E-state index is 4.97. The lowest BCUT2D eigenvalue weighted by molar-refractivity contribution is 0.183. The molecule has 1 aromatic heterocycles. The Hall–Kier alpha value is -0.870. The van der Waals surface area contributed by atoms with E-state index in [2.05, 4.69) is 35.6 Å². The van der Waals surface area contributed by atoms with Gasteiger partial charge in [0.1, 0.15) is 5.82 Å². The summed E-state index contributed by atoms with van der Waals surface area (Å²) in [5, 5.41) is 3.46. The van der Waals surface area contributed by atoms with Gasteiger partial charge in [-0.15, -0.1) is 0 Å². The second kappa shape index (κ2) is 6.49. The number of hydrogen-bond donors (Lipinski definition) is 1. The van der Waals surface area contributed by atoms with Crippen molar-refractivity contribution in [1.29, 1.82) is 0 Å². The Morgan fingerprint density at radius 2 is 2.05 bits per heavy atom. The van der Waals surface area contributed by atoms with Gasteiger partial charge >= 0.3 is 0 Å². The summed E-state index contributed by atoms with van der Waals surface area (Å²) < 4.78 is 2.63. The first-order valence-electron chi connectivity index (χ1n) is 8.73. The molecule has 0 spiro atoms. The van der Waals surface area contributed by atoms with Gasteiger partial charge in [-0.05, 0) is 25.8 Å². The molecule has 1 N–H and O–H groups in total. The summed E-state index contributed by atoms with van der Waals surface area (Å²) in [5.74, 6) is 1.84. The third-order valence-corrected chi connectivity index (χ3v) is 4.93. The SMILES string of the molecule is CCCN1CCC(n2c(C(C)C)nc3c2CCNC3)CC1. The Labute approximate surface area is 128 Å². The van der Waals surface area contributed by atoms with Gasteiger partial charge in [0.2, 0.25) is 0 Å². The van der Waals surface area contributed by atoms with Crippen LogP contribution in [0.15, 0.2) is 0 Å². The van der Waals surface area contributed by atoms with Crippen LogP contribution in [0.2, 0.25) is 0 Å². The van der Waals surface area contributed by atoms with Gasteiger partial charge < -0.3 is 14.8 Å². The average Bonchev–Trinajstić information content (AvgIpc) is 2.88. The van der Waals surface area contributed by atoms with Gasteiger partial charge in [0.15, 0.2) is 0 Å². The van der Waals surface area contributed by atoms with E-state index in [1.54, 1.807) is 0 Å². The third kappa shape index (κ3) is 3.02. The van der Waals surface area contributed by atoms with E-state index in [-0.39, 0.29) is 0 Å². The molecule has 0 saturated carbocycles. The van der Waals surface area contributed by atoms with Crippen LogP contribution in [-0.2, 0) is 13.0 Å². The summed E-state index contributed by atoms with van der Waals surface area (Å²) in [4.78, 5) is 7.59. The lowest BCUT2D eigenvalue weighted by atomic mass is 10.0. The smallest absolute Gasteiger partial charge is 0.112 e. The summed E-state index contributed by atoms with van der Waals surface area (Å²) in [6.45, 7) is 12.7. The number of likely N-dealkylation sites (tertiary alicyclic amines) is 1. The summed E-state index contributed by atoms with van der Waals surface area (Å²) in [5.41, 5.74) is 2.83. The lowest BCUT2D eigenvalue weighted by Crippen LogP contribution is -2.36. The topological polar surface area (TPSA) is 33.1 Å². The van der Waals surface area contributed by atoms with Crippen molar-refractivity contribution in [2.24, 2.45) is 0 Å². The van der Waals surface area contributed by atoms with Gasteiger partial charge in [-0.3, -0.25) is 0 Å². The molecule has 0 radical (unpaired) electrons. The molecule has 0 amide bonds. The molecule has 0 atom stereocenters. The van der Waals surface area contributed by atoms with E-state index in [4.69, 9.17) is 4.98 Å². The Balaban J connectivity index is 1.82. The third-order valence-electron chi connectivity index (χ3n) is 4.93. The Bertz CT molecular complexity index is 469. The number of imidazole rings is 1. The van der Waals surface area contributed by atoms with Crippen molar-refractivity contribution in [1.82, 2.24) is 19.8 Å². The van der Waals surface area contributed by atoms with Gasteiger partial charge in [-0.2, -0.15) is 0 Å². The maximum Gasteiger partial charge on any atom is 0.112 e. The number of fused-ring (bicyclic) bond motifs is 1. The number of piperidine rings is 1. The second-order valence-electron chi connectivity index (χ2n) is 6.89. The normalized spacial score (nSPS) is 21.0. The fourth-order valence-electron chi connectivity index (χ4n) is 3.89. The highest BCUT2D eigenvalue weighted by atomic mass is 15.2. The molecule has 2 aliphatic rings. The molecule has 3 heterocycles. The van der Waals surface area contributed by atoms with E-state index in [9.17, 15) is 0 Å². The highest BCUT2D eigenvalue weighted by Crippen LogP contribution is 2.31. The van der Waals surface area contributed by atoms with Gasteiger partial charge in [0, 0.05) is 50.3 Å². The fourth-order valence-corrected chi connectivity index (χ4v) is 3.89. The van der Waals surface area contributed by atoms with Crippen molar-refractivity contribution in [2.75, 3.05) is 26.2 Å². The first-order valence-corrected chi connectivity index (χ1v) is 8.73. The monoisotopic (exact) mass is 290 g/mol. The lowest BCUT2D eigenvalue weighted by Gasteiger charge is -2.34. The molecular formula is C17H30N4. The quantitative estimate of drug-likeness (QED) is 0.925. The molecule has 21 heavy (non-hydrogen) atoms. The minimum absolute atomic E-state index is 0.518. The number of aromatic nitrogens is 2. The molecule has 2 aliphatic heterocycles. The summed E-state index contributed by atoms with van der Waals surface area (Å²) >= 11 is 0. The predicted molar refractivity (Wildman–Crippen MR) is 86.7 cm³/mol. The van der Waals surface area contributed by atoms with Crippen LogP contribution in [0.1, 0.15) is 69.2 Å². The van der Waals surface area contributed by atoms with Gasteiger partial charge in [-0.1, -0.05) is 20.8 Å². The largest absolute Gasteiger partial charge is 0.328 e. The Kier molecular flexibility index (Phi) is 4.65. The number of hydrogen-bond acceptors (Lipinski definition) is 3. The van der Waals surface area contributed by atoms with E-state index in [1.807, 2.05) is 0 Å². The first-order chi connectivity index (χ1) is 10.2. The molecule has 1 saturated heterocycles. The molecule has 1 fully saturated rings. The van der Waals surface area contributed by atoms with E-state index >= 15 is 0 Å². The standard InChI is InChI=1S/C17H30N4/c1-4-9-20-10-6-14(7-11-20)21-16-5-8-18-12-15(16)19-17(21)13(2)3/h13-14,18H,4-12H2,1-3H3. The van der Waals surface area contributed by atoms with Crippen molar-refractivity contribution in [2.45, 2.75) is 65.0 Å². The summed E-state index contributed by atoms with van der Waals surface area (Å²) in [6, 6.07) is 0.671. The van der Waals surface area contributed by atoms with Crippen LogP contribution >= 0.6 is 0 Å². The minimum Gasteiger partial charge on any atom is -0.328 e. The molecule has 3 rings (SSSR count). The first kappa shape index (κ1) is 15.0. The van der Waals surface area contributed by atoms with Crippen molar-refractivity contribution in [3.8, 4) is 0 Å². The zero-order chi connectivity index (χ0) is 14.8. The fraction of sp³-hybridized carbons (Fsp3) is 0.824. The molecule has 4 nitrogen and oxygen atoms in total. The van der Waals surface area contributed by atoms with Crippen molar-refractivity contribution in [3.05, 3.63) is 17.2 Å². The van der Waals surface area contributed by atoms with E-state index in [0.29, 0.717) is 12.0 Å². The maximum absolute atomic E-state index is 4.97. The van der Waals surface area contributed by atoms with Crippen LogP contribution in [-0.4, -0.2) is 40.6 Å². The summed E-state index contributed by atoms with van der Waals surface area (Å²) in [6.07, 6.45) is 4.99. The molecule has 0 aromatic carbocycles. The second-order valence-corrected chi connectivity index (χ2v) is 6.89. The Morgan fingerprint density at radius 3 is 2.71 bits per heavy atom. The van der Waals surface area contributed by atoms with E-state index < -0.39 is 0 Å². The molecule has 118 valence electrons. The van der Waals surface area contributed by atoms with Crippen molar-refractivity contribution in [3.63, 3.8) is 0 Å². The average molecular weight is 290 g/mol. The van der Waals surface area contributed by atoms with Gasteiger partial charge in [0.05, 0.1) is 5.69 Å². The van der Waals surface area contributed by atoms with Crippen molar-refractivity contribution < 1.29 is 0 Å². The number of nitrogens with zero attached hydrogens (tertiary/aromatic N) is 3. The van der Waals surface area contributed by atoms with Crippen LogP contribution in [0.5, 0.6) is 0 Å². The van der Waals surface area contributed by atoms with Crippen LogP contribution in [0.4, 0.5) is 0 Å². The van der Waals surface area contributed by atoms with E-state index in [1.165, 1.54) is 56.1 Å². The predicted octanol–water partition coefficient (Wildman–Crippen LogP) is 2.70. The minimum atomic E-state index is 0.518. The van der Waals surface area contributed by atoms with Crippen LogP contribution < -0.4 is 5.32 Å². The molecule has 0 aliphatic carbocycles. The van der Waals surface area contributed by atoms with Gasteiger partial charge in [0.25, 0.3) is 0 Å². The highest BCUT2D eigenvalue weighted by Gasteiger charge is 2.28. The molecule has 0 bridgehead atoms. The highest BCUT2D eigenvalue weighted by molar-refractivity contribution is 5.23. The van der Waals surface area contributed by atoms with Crippen LogP contribution in [0.25, 0.3) is 0 Å². The molecule has 0 unspecified atom stereocenters. The molecular weight excluding hydrogens is 260 g/mol. The Morgan fingerprint density at radius 1 is 1.29 bits per heavy atom.